The van der Waals surface area contributed by atoms with Gasteiger partial charge in [0.15, 0.2) is 5.78 Å². The zero-order valence-corrected chi connectivity index (χ0v) is 16.9. The predicted molar refractivity (Wildman–Crippen MR) is 114 cm³/mol. The van der Waals surface area contributed by atoms with E-state index in [1.54, 1.807) is 0 Å². The highest BCUT2D eigenvalue weighted by atomic mass is 79.9. The van der Waals surface area contributed by atoms with Crippen LogP contribution in [-0.4, -0.2) is 11.8 Å². The lowest BCUT2D eigenvalue weighted by atomic mass is 9.97. The molecular weight excluding hydrogens is 410 g/mol. The van der Waals surface area contributed by atoms with Gasteiger partial charge in [-0.05, 0) is 42.2 Å². The molecule has 0 saturated heterocycles. The minimum atomic E-state index is 0. The van der Waals surface area contributed by atoms with Crippen LogP contribution in [-0.2, 0) is 6.42 Å². The van der Waals surface area contributed by atoms with Crippen molar-refractivity contribution in [2.45, 2.75) is 19.4 Å². The first kappa shape index (κ1) is 20.4. The molecule has 26 heavy (non-hydrogen) atoms. The first-order chi connectivity index (χ1) is 12.0. The number of carbonyl (C=O) groups is 1. The van der Waals surface area contributed by atoms with Gasteiger partial charge in [-0.3, -0.25) is 4.79 Å². The third-order valence-corrected chi connectivity index (χ3v) is 4.55. The molecule has 1 atom stereocenters. The topological polar surface area (TPSA) is 43.1 Å². The van der Waals surface area contributed by atoms with E-state index in [0.717, 1.165) is 22.0 Å². The molecule has 0 aliphatic rings. The third-order valence-electron chi connectivity index (χ3n) is 4.05. The minimum absolute atomic E-state index is 0. The summed E-state index contributed by atoms with van der Waals surface area (Å²) in [4.78, 5) is 12.6. The number of benzene rings is 3. The summed E-state index contributed by atoms with van der Waals surface area (Å²) in [7, 11) is 0. The average Bonchev–Trinajstić information content (AvgIpc) is 2.61. The Kier molecular flexibility index (Phi) is 7.15. The van der Waals surface area contributed by atoms with Gasteiger partial charge >= 0.3 is 0 Å². The fourth-order valence-corrected chi connectivity index (χ4v) is 3.26. The Morgan fingerprint density at radius 3 is 2.27 bits per heavy atom. The fourth-order valence-electron chi connectivity index (χ4n) is 2.86. The highest BCUT2D eigenvalue weighted by Crippen LogP contribution is 2.23. The summed E-state index contributed by atoms with van der Waals surface area (Å²) < 4.78 is 0.904. The highest BCUT2D eigenvalue weighted by molar-refractivity contribution is 9.10. The maximum Gasteiger partial charge on any atom is 0.193 e. The molecule has 1 unspecified atom stereocenters. The molecule has 3 aromatic carbocycles. The van der Waals surface area contributed by atoms with Gasteiger partial charge in [0, 0.05) is 21.6 Å². The molecule has 0 amide bonds. The second-order valence-electron chi connectivity index (χ2n) is 6.30. The Hall–Kier alpha value is -1.94. The largest absolute Gasteiger partial charge is 0.328 e. The number of carbonyl (C=O) groups excluding carboxylic acids is 1. The molecule has 0 radical (unpaired) electrons. The molecule has 2 N–H and O–H groups in total. The first-order valence-corrected chi connectivity index (χ1v) is 9.07. The molecule has 0 bridgehead atoms. The van der Waals surface area contributed by atoms with Crippen molar-refractivity contribution in [1.82, 2.24) is 0 Å². The molecule has 0 aliphatic heterocycles. The van der Waals surface area contributed by atoms with Crippen LogP contribution in [0.2, 0.25) is 0 Å². The van der Waals surface area contributed by atoms with Gasteiger partial charge in [-0.25, -0.2) is 0 Å². The molecule has 0 aliphatic carbocycles. The van der Waals surface area contributed by atoms with Crippen LogP contribution in [0.5, 0.6) is 0 Å². The van der Waals surface area contributed by atoms with Crippen LogP contribution in [0.25, 0.3) is 11.1 Å². The average molecular weight is 431 g/mol. The summed E-state index contributed by atoms with van der Waals surface area (Å²) in [5.41, 5.74) is 10.7. The first-order valence-electron chi connectivity index (χ1n) is 8.28. The molecular formula is C22H21BrClNO. The molecule has 0 heterocycles. The Bertz CT molecular complexity index is 891. The van der Waals surface area contributed by atoms with Crippen LogP contribution in [0.1, 0.15) is 28.4 Å². The van der Waals surface area contributed by atoms with Crippen LogP contribution >= 0.6 is 28.3 Å². The maximum atomic E-state index is 12.6. The number of nitrogens with two attached hydrogens (primary N) is 1. The fraction of sp³-hybridized carbons (Fsp3) is 0.136. The van der Waals surface area contributed by atoms with Gasteiger partial charge in [0.25, 0.3) is 0 Å². The standard InChI is InChI=1S/C22H20BrNO.ClH/c1-15(24)12-16-4-2-5-19(13-16)17-8-10-18(11-9-17)22(25)20-6-3-7-21(23)14-20;/h2-11,13-15H,12,24H2,1H3;1H. The van der Waals surface area contributed by atoms with E-state index in [2.05, 4.69) is 34.1 Å². The van der Waals surface area contributed by atoms with Gasteiger partial charge < -0.3 is 5.73 Å². The lowest BCUT2D eigenvalue weighted by Crippen LogP contribution is -2.17. The lowest BCUT2D eigenvalue weighted by molar-refractivity contribution is 0.103. The summed E-state index contributed by atoms with van der Waals surface area (Å²) in [6, 6.07) is 23.7. The van der Waals surface area contributed by atoms with Gasteiger partial charge in [-0.2, -0.15) is 0 Å². The van der Waals surface area contributed by atoms with Crippen molar-refractivity contribution in [1.29, 1.82) is 0 Å². The lowest BCUT2D eigenvalue weighted by Gasteiger charge is -2.09. The molecule has 4 heteroatoms. The Balaban J connectivity index is 0.00000243. The molecule has 3 rings (SSSR count). The molecule has 0 fully saturated rings. The van der Waals surface area contributed by atoms with E-state index in [1.807, 2.05) is 61.5 Å². The summed E-state index contributed by atoms with van der Waals surface area (Å²) in [5.74, 6) is 0.0264. The minimum Gasteiger partial charge on any atom is -0.328 e. The summed E-state index contributed by atoms with van der Waals surface area (Å²) in [5, 5.41) is 0. The van der Waals surface area contributed by atoms with Crippen molar-refractivity contribution in [3.05, 3.63) is 94.0 Å². The smallest absolute Gasteiger partial charge is 0.193 e. The summed E-state index contributed by atoms with van der Waals surface area (Å²) in [6.45, 7) is 2.01. The molecule has 2 nitrogen and oxygen atoms in total. The number of rotatable bonds is 5. The number of hydrogen-bond acceptors (Lipinski definition) is 2. The SMILES string of the molecule is CC(N)Cc1cccc(-c2ccc(C(=O)c3cccc(Br)c3)cc2)c1.Cl. The van der Waals surface area contributed by atoms with Gasteiger partial charge in [0.05, 0.1) is 0 Å². The van der Waals surface area contributed by atoms with Crippen LogP contribution in [0.4, 0.5) is 0 Å². The van der Waals surface area contributed by atoms with Crippen molar-refractivity contribution < 1.29 is 4.79 Å². The van der Waals surface area contributed by atoms with Crippen molar-refractivity contribution in [2.75, 3.05) is 0 Å². The monoisotopic (exact) mass is 429 g/mol. The molecule has 3 aromatic rings. The number of hydrogen-bond donors (Lipinski definition) is 1. The van der Waals surface area contributed by atoms with E-state index < -0.39 is 0 Å². The quantitative estimate of drug-likeness (QED) is 0.531. The van der Waals surface area contributed by atoms with Crippen LogP contribution in [0.15, 0.2) is 77.3 Å². The van der Waals surface area contributed by atoms with Crippen LogP contribution < -0.4 is 5.73 Å². The van der Waals surface area contributed by atoms with E-state index in [4.69, 9.17) is 5.73 Å². The van der Waals surface area contributed by atoms with Crippen molar-refractivity contribution in [3.8, 4) is 11.1 Å². The van der Waals surface area contributed by atoms with E-state index in [9.17, 15) is 4.79 Å². The normalized spacial score (nSPS) is 11.5. The third kappa shape index (κ3) is 5.04. The van der Waals surface area contributed by atoms with Gasteiger partial charge in [0.1, 0.15) is 0 Å². The van der Waals surface area contributed by atoms with E-state index >= 15 is 0 Å². The number of halogens is 2. The molecule has 0 aromatic heterocycles. The zero-order chi connectivity index (χ0) is 17.8. The van der Waals surface area contributed by atoms with E-state index in [0.29, 0.717) is 11.1 Å². The molecule has 0 saturated carbocycles. The molecule has 0 spiro atoms. The van der Waals surface area contributed by atoms with Crippen LogP contribution in [0.3, 0.4) is 0 Å². The van der Waals surface area contributed by atoms with E-state index in [-0.39, 0.29) is 24.2 Å². The van der Waals surface area contributed by atoms with Crippen molar-refractivity contribution >= 4 is 34.1 Å². The summed E-state index contributed by atoms with van der Waals surface area (Å²) in [6.07, 6.45) is 0.854. The zero-order valence-electron chi connectivity index (χ0n) is 14.5. The maximum absolute atomic E-state index is 12.6. The molecule has 134 valence electrons. The summed E-state index contributed by atoms with van der Waals surface area (Å²) >= 11 is 3.41. The van der Waals surface area contributed by atoms with E-state index in [1.165, 1.54) is 5.56 Å². The Morgan fingerprint density at radius 1 is 0.923 bits per heavy atom. The Morgan fingerprint density at radius 2 is 1.62 bits per heavy atom. The van der Waals surface area contributed by atoms with Crippen molar-refractivity contribution in [2.24, 2.45) is 5.73 Å². The van der Waals surface area contributed by atoms with Gasteiger partial charge in [-0.15, -0.1) is 12.4 Å². The second kappa shape index (κ2) is 9.13. The van der Waals surface area contributed by atoms with Gasteiger partial charge in [0.2, 0.25) is 0 Å². The van der Waals surface area contributed by atoms with Crippen LogP contribution in [0, 0.1) is 0 Å². The highest BCUT2D eigenvalue weighted by Gasteiger charge is 2.10. The number of ketones is 1. The second-order valence-corrected chi connectivity index (χ2v) is 7.21. The predicted octanol–water partition coefficient (Wildman–Crippen LogP) is 5.66. The van der Waals surface area contributed by atoms with Gasteiger partial charge in [-0.1, -0.05) is 76.6 Å². The van der Waals surface area contributed by atoms with Crippen molar-refractivity contribution in [3.63, 3.8) is 0 Å². The Labute approximate surface area is 169 Å².